The normalized spacial score (nSPS) is 24.2. The van der Waals surface area contributed by atoms with Crippen molar-refractivity contribution in [1.82, 2.24) is 10.3 Å². The van der Waals surface area contributed by atoms with Gasteiger partial charge in [0.15, 0.2) is 0 Å². The van der Waals surface area contributed by atoms with E-state index in [1.807, 2.05) is 20.8 Å². The van der Waals surface area contributed by atoms with Crippen LogP contribution in [0.1, 0.15) is 47.2 Å². The van der Waals surface area contributed by atoms with Gasteiger partial charge in [0, 0.05) is 0 Å². The third-order valence-corrected chi connectivity index (χ3v) is 16.5. The molecule has 2 atom stereocenters. The van der Waals surface area contributed by atoms with Crippen molar-refractivity contribution in [3.05, 3.63) is 22.2 Å². The van der Waals surface area contributed by atoms with Crippen LogP contribution in [0.4, 0.5) is 18.0 Å². The summed E-state index contributed by atoms with van der Waals surface area (Å²) in [5.41, 5.74) is -1.84. The number of amidine groups is 1. The van der Waals surface area contributed by atoms with E-state index in [0.717, 1.165) is 18.1 Å². The number of aliphatic hydroxyl groups excluding tert-OH is 1. The average Bonchev–Trinajstić information content (AvgIpc) is 2.79. The SMILES string of the molecule is CC[Si](CC)(CC)c1cc(Br)nc([C@]2(C)C[S@](=O)(=NCC(F)(F)CO)C(C)(C)C(NC(=O)O)=N2)c1F. The van der Waals surface area contributed by atoms with Crippen molar-refractivity contribution in [2.75, 3.05) is 18.9 Å². The average molecular weight is 616 g/mol. The van der Waals surface area contributed by atoms with E-state index in [4.69, 9.17) is 5.11 Å². The fourth-order valence-corrected chi connectivity index (χ4v) is 11.4. The number of aromatic nitrogens is 1. The summed E-state index contributed by atoms with van der Waals surface area (Å²) in [4.78, 5) is 20.3. The summed E-state index contributed by atoms with van der Waals surface area (Å²) in [7, 11) is -5.96. The zero-order chi connectivity index (χ0) is 27.7. The fourth-order valence-electron chi connectivity index (χ4n) is 4.55. The number of aliphatic imine (C=N–C) groups is 1. The predicted molar refractivity (Wildman–Crippen MR) is 141 cm³/mol. The number of hydrogen-bond donors (Lipinski definition) is 3. The topological polar surface area (TPSA) is 124 Å². The van der Waals surface area contributed by atoms with Gasteiger partial charge in [-0.25, -0.2) is 31.5 Å². The first-order chi connectivity index (χ1) is 16.5. The van der Waals surface area contributed by atoms with Crippen molar-refractivity contribution < 1.29 is 32.4 Å². The molecule has 204 valence electrons. The van der Waals surface area contributed by atoms with Gasteiger partial charge in [-0.2, -0.15) is 0 Å². The molecule has 0 unspecified atom stereocenters. The molecule has 0 bridgehead atoms. The number of carbonyl (C=O) groups is 1. The van der Waals surface area contributed by atoms with E-state index >= 15 is 4.39 Å². The van der Waals surface area contributed by atoms with Crippen molar-refractivity contribution in [1.29, 1.82) is 0 Å². The van der Waals surface area contributed by atoms with E-state index in [0.29, 0.717) is 9.79 Å². The Bertz CT molecular complexity index is 1160. The second-order valence-electron chi connectivity index (χ2n) is 9.76. The highest BCUT2D eigenvalue weighted by molar-refractivity contribution is 9.10. The van der Waals surface area contributed by atoms with Gasteiger partial charge in [0.1, 0.15) is 45.4 Å². The largest absolute Gasteiger partial charge is 0.465 e. The van der Waals surface area contributed by atoms with Crippen LogP contribution in [0, 0.1) is 5.82 Å². The number of alkyl halides is 2. The van der Waals surface area contributed by atoms with Gasteiger partial charge in [-0.05, 0) is 48.0 Å². The molecule has 1 aromatic heterocycles. The van der Waals surface area contributed by atoms with Crippen LogP contribution >= 0.6 is 15.9 Å². The minimum atomic E-state index is -3.69. The molecule has 0 saturated heterocycles. The van der Waals surface area contributed by atoms with Gasteiger partial charge in [-0.1, -0.05) is 38.9 Å². The van der Waals surface area contributed by atoms with Gasteiger partial charge in [0.25, 0.3) is 5.92 Å². The summed E-state index contributed by atoms with van der Waals surface area (Å²) >= 11 is 3.36. The number of amides is 1. The zero-order valence-electron chi connectivity index (χ0n) is 21.3. The molecular formula is C22H34BrF3N4O4SSi. The predicted octanol–water partition coefficient (Wildman–Crippen LogP) is 4.47. The van der Waals surface area contributed by atoms with E-state index in [-0.39, 0.29) is 11.5 Å². The van der Waals surface area contributed by atoms with Crippen molar-refractivity contribution in [3.8, 4) is 0 Å². The standard InChI is InChI=1S/C22H34BrF3N4O4SSi/c1-7-36(8-2,9-3)14-10-15(23)28-17(16(14)24)21(6)13-35(34,27-11-22(25,26)12-31)20(4,5)18(30-21)29-19(32)33/h10,31H,7-9,11-13H2,1-6H3,(H,29,30)(H,32,33)/t21-,35+/m0/s1. The van der Waals surface area contributed by atoms with Gasteiger partial charge >= 0.3 is 6.09 Å². The molecule has 0 radical (unpaired) electrons. The highest BCUT2D eigenvalue weighted by Gasteiger charge is 2.51. The van der Waals surface area contributed by atoms with Crippen LogP contribution in [0.15, 0.2) is 20.0 Å². The first-order valence-electron chi connectivity index (χ1n) is 11.6. The maximum absolute atomic E-state index is 16.3. The molecule has 1 aliphatic heterocycles. The number of carboxylic acid groups (broad SMARTS) is 1. The number of pyridine rings is 1. The highest BCUT2D eigenvalue weighted by Crippen LogP contribution is 2.40. The molecule has 2 rings (SSSR count). The number of hydrogen-bond acceptors (Lipinski definition) is 6. The van der Waals surface area contributed by atoms with Gasteiger partial charge in [0.05, 0.1) is 23.6 Å². The van der Waals surface area contributed by atoms with Crippen LogP contribution in [-0.2, 0) is 15.3 Å². The lowest BCUT2D eigenvalue weighted by atomic mass is 9.98. The van der Waals surface area contributed by atoms with Crippen LogP contribution in [0.3, 0.4) is 0 Å². The van der Waals surface area contributed by atoms with Crippen LogP contribution in [-0.4, -0.2) is 69.0 Å². The van der Waals surface area contributed by atoms with E-state index in [2.05, 4.69) is 35.6 Å². The van der Waals surface area contributed by atoms with Crippen molar-refractivity contribution >= 4 is 50.8 Å². The molecule has 0 aliphatic carbocycles. The van der Waals surface area contributed by atoms with Crippen molar-refractivity contribution in [2.24, 2.45) is 9.36 Å². The lowest BCUT2D eigenvalue weighted by Crippen LogP contribution is -2.58. The molecule has 1 amide bonds. The van der Waals surface area contributed by atoms with Gasteiger partial charge in [0.2, 0.25) is 0 Å². The fraction of sp³-hybridized carbons (Fsp3) is 0.682. The molecule has 3 N–H and O–H groups in total. The Hall–Kier alpha value is -1.51. The summed E-state index contributed by atoms with van der Waals surface area (Å²) in [5, 5.41) is 21.0. The highest BCUT2D eigenvalue weighted by atomic mass is 79.9. The third kappa shape index (κ3) is 5.65. The van der Waals surface area contributed by atoms with Gasteiger partial charge < -0.3 is 10.2 Å². The number of aliphatic hydroxyl groups is 1. The van der Waals surface area contributed by atoms with E-state index < -0.39 is 64.8 Å². The molecule has 0 fully saturated rings. The molecule has 14 heteroatoms. The molecule has 2 heterocycles. The number of halogens is 4. The summed E-state index contributed by atoms with van der Waals surface area (Å²) in [6.45, 7) is 7.49. The van der Waals surface area contributed by atoms with Crippen LogP contribution in [0.5, 0.6) is 0 Å². The van der Waals surface area contributed by atoms with Crippen LogP contribution in [0.2, 0.25) is 18.1 Å². The molecule has 0 saturated carbocycles. The smallest absolute Gasteiger partial charge is 0.410 e. The number of nitrogens with zero attached hydrogens (tertiary/aromatic N) is 3. The summed E-state index contributed by atoms with van der Waals surface area (Å²) in [6.07, 6.45) is -1.51. The first-order valence-corrected chi connectivity index (χ1v) is 16.7. The quantitative estimate of drug-likeness (QED) is 0.294. The third-order valence-electron chi connectivity index (χ3n) is 7.20. The number of nitrogens with one attached hydrogen (secondary N) is 1. The Labute approximate surface area is 219 Å². The molecule has 0 aromatic carbocycles. The molecule has 36 heavy (non-hydrogen) atoms. The van der Waals surface area contributed by atoms with Crippen LogP contribution < -0.4 is 10.5 Å². The molecule has 8 nitrogen and oxygen atoms in total. The minimum Gasteiger partial charge on any atom is -0.465 e. The Morgan fingerprint density at radius 2 is 1.83 bits per heavy atom. The molecule has 1 aliphatic rings. The van der Waals surface area contributed by atoms with Gasteiger partial charge in [-0.3, -0.25) is 10.3 Å². The van der Waals surface area contributed by atoms with Crippen LogP contribution in [0.25, 0.3) is 0 Å². The maximum Gasteiger partial charge on any atom is 0.410 e. The monoisotopic (exact) mass is 614 g/mol. The summed E-state index contributed by atoms with van der Waals surface area (Å²) in [5.74, 6) is -5.01. The lowest BCUT2D eigenvalue weighted by molar-refractivity contribution is -0.0401. The number of rotatable bonds is 8. The molecule has 0 spiro atoms. The first kappa shape index (κ1) is 30.7. The van der Waals surface area contributed by atoms with E-state index in [9.17, 15) is 22.9 Å². The second-order valence-corrected chi connectivity index (χ2v) is 18.6. The van der Waals surface area contributed by atoms with Crippen molar-refractivity contribution in [2.45, 2.75) is 75.9 Å². The summed E-state index contributed by atoms with van der Waals surface area (Å²) < 4.78 is 60.8. The Morgan fingerprint density at radius 3 is 2.31 bits per heavy atom. The zero-order valence-corrected chi connectivity index (χ0v) is 24.7. The summed E-state index contributed by atoms with van der Waals surface area (Å²) in [6, 6.07) is 3.97. The molecule has 1 aromatic rings. The Morgan fingerprint density at radius 1 is 1.28 bits per heavy atom. The minimum absolute atomic E-state index is 0.156. The van der Waals surface area contributed by atoms with Crippen molar-refractivity contribution in [3.63, 3.8) is 0 Å². The Balaban J connectivity index is 2.90. The molecular weight excluding hydrogens is 581 g/mol. The van der Waals surface area contributed by atoms with E-state index in [1.54, 1.807) is 6.07 Å². The maximum atomic E-state index is 16.3. The van der Waals surface area contributed by atoms with Gasteiger partial charge in [-0.15, -0.1) is 0 Å². The second kappa shape index (κ2) is 10.7. The van der Waals surface area contributed by atoms with E-state index in [1.165, 1.54) is 20.8 Å². The Kier molecular flexibility index (Phi) is 9.12. The lowest BCUT2D eigenvalue weighted by Gasteiger charge is -2.41.